The van der Waals surface area contributed by atoms with Crippen molar-refractivity contribution >= 4 is 17.7 Å². The monoisotopic (exact) mass is 614 g/mol. The topological polar surface area (TPSA) is 105 Å². The maximum atomic E-state index is 13.4. The molecule has 1 N–H and O–H groups in total. The van der Waals surface area contributed by atoms with E-state index in [-0.39, 0.29) is 36.1 Å². The Kier molecular flexibility index (Phi) is 10.6. The summed E-state index contributed by atoms with van der Waals surface area (Å²) >= 11 is 0. The highest BCUT2D eigenvalue weighted by Crippen LogP contribution is 2.41. The summed E-state index contributed by atoms with van der Waals surface area (Å²) in [6.45, 7) is 6.78. The van der Waals surface area contributed by atoms with Gasteiger partial charge in [-0.05, 0) is 85.0 Å². The molecular weight excluding hydrogens is 575 g/mol. The van der Waals surface area contributed by atoms with E-state index in [1.165, 1.54) is 42.0 Å². The molecule has 0 aromatic heterocycles. The average Bonchev–Trinajstić information content (AvgIpc) is 3.45. The highest BCUT2D eigenvalue weighted by atomic mass is 19.1. The maximum Gasteiger partial charge on any atom is 0.410 e. The fraction of sp³-hybridized carbons (Fsp3) is 0.371. The molecule has 3 atom stereocenters. The van der Waals surface area contributed by atoms with Gasteiger partial charge in [-0.25, -0.2) is 9.18 Å². The summed E-state index contributed by atoms with van der Waals surface area (Å²) in [5, 5.41) is 14.1. The third-order valence-corrected chi connectivity index (χ3v) is 8.92. The average molecular weight is 615 g/mol. The largest absolute Gasteiger partial charge is 0.445 e. The van der Waals surface area contributed by atoms with Crippen molar-refractivity contribution in [2.24, 2.45) is 5.92 Å². The van der Waals surface area contributed by atoms with Gasteiger partial charge in [-0.15, -0.1) is 6.58 Å². The highest BCUT2D eigenvalue weighted by Gasteiger charge is 2.38. The number of hydrogen-bond acceptors (Lipinski definition) is 6. The number of amides is 2. The number of nitrogens with one attached hydrogen (secondary N) is 1. The Morgan fingerprint density at radius 3 is 2.36 bits per heavy atom. The van der Waals surface area contributed by atoms with Crippen LogP contribution in [-0.2, 0) is 11.3 Å². The number of hydrogen-bond donors (Lipinski definition) is 1. The van der Waals surface area contributed by atoms with Crippen LogP contribution in [0.1, 0.15) is 53.1 Å². The fourth-order valence-electron chi connectivity index (χ4n) is 6.62. The van der Waals surface area contributed by atoms with Crippen LogP contribution in [0.4, 0.5) is 14.9 Å². The SMILES string of the molecule is C=CCN(C(=O)OCc1ccc([N+](=O)[O-])cc1)C1CCN(CC2CC(NC(=O)c3ccc(F)cc3)CC2c2ccccc2)CC1. The lowest BCUT2D eigenvalue weighted by atomic mass is 9.88. The van der Waals surface area contributed by atoms with Gasteiger partial charge in [-0.2, -0.15) is 0 Å². The molecule has 2 amide bonds. The first kappa shape index (κ1) is 31.8. The molecule has 3 unspecified atom stereocenters. The minimum Gasteiger partial charge on any atom is -0.445 e. The van der Waals surface area contributed by atoms with Gasteiger partial charge in [0.15, 0.2) is 0 Å². The Labute approximate surface area is 262 Å². The zero-order valence-corrected chi connectivity index (χ0v) is 25.2. The van der Waals surface area contributed by atoms with Crippen LogP contribution in [0.15, 0.2) is 91.5 Å². The Balaban J connectivity index is 1.16. The summed E-state index contributed by atoms with van der Waals surface area (Å²) < 4.78 is 18.9. The number of carbonyl (C=O) groups is 2. The Bertz CT molecular complexity index is 1460. The quantitative estimate of drug-likeness (QED) is 0.154. The smallest absolute Gasteiger partial charge is 0.410 e. The van der Waals surface area contributed by atoms with Crippen molar-refractivity contribution in [2.45, 2.75) is 50.3 Å². The third kappa shape index (κ3) is 8.33. The predicted molar refractivity (Wildman–Crippen MR) is 169 cm³/mol. The fourth-order valence-corrected chi connectivity index (χ4v) is 6.62. The molecular formula is C35H39FN4O5. The molecule has 236 valence electrons. The number of nitrogens with zero attached hydrogens (tertiary/aromatic N) is 3. The molecule has 1 aliphatic carbocycles. The first-order valence-electron chi connectivity index (χ1n) is 15.4. The van der Waals surface area contributed by atoms with Crippen molar-refractivity contribution in [3.63, 3.8) is 0 Å². The van der Waals surface area contributed by atoms with Gasteiger partial charge in [0.25, 0.3) is 11.6 Å². The molecule has 3 aromatic carbocycles. The Morgan fingerprint density at radius 2 is 1.71 bits per heavy atom. The molecule has 0 bridgehead atoms. The van der Waals surface area contributed by atoms with E-state index in [0.29, 0.717) is 29.5 Å². The molecule has 0 spiro atoms. The number of ether oxygens (including phenoxy) is 1. The van der Waals surface area contributed by atoms with E-state index in [0.717, 1.165) is 45.3 Å². The number of halogens is 1. The summed E-state index contributed by atoms with van der Waals surface area (Å²) in [6, 6.07) is 22.1. The van der Waals surface area contributed by atoms with Gasteiger partial charge in [0.2, 0.25) is 0 Å². The van der Waals surface area contributed by atoms with E-state index < -0.39 is 11.0 Å². The number of nitro benzene ring substituents is 1. The van der Waals surface area contributed by atoms with Gasteiger partial charge in [-0.3, -0.25) is 14.9 Å². The predicted octanol–water partition coefficient (Wildman–Crippen LogP) is 6.32. The van der Waals surface area contributed by atoms with Gasteiger partial charge in [0.05, 0.1) is 4.92 Å². The third-order valence-electron chi connectivity index (χ3n) is 8.92. The number of carbonyl (C=O) groups excluding carboxylic acids is 2. The van der Waals surface area contributed by atoms with Crippen molar-refractivity contribution in [1.82, 2.24) is 15.1 Å². The second-order valence-electron chi connectivity index (χ2n) is 11.9. The molecule has 10 heteroatoms. The molecule has 5 rings (SSSR count). The lowest BCUT2D eigenvalue weighted by Gasteiger charge is -2.39. The van der Waals surface area contributed by atoms with Gasteiger partial charge in [0, 0.05) is 56.0 Å². The van der Waals surface area contributed by atoms with E-state index in [1.54, 1.807) is 23.1 Å². The van der Waals surface area contributed by atoms with Gasteiger partial charge in [0.1, 0.15) is 12.4 Å². The van der Waals surface area contributed by atoms with E-state index in [1.807, 2.05) is 6.07 Å². The van der Waals surface area contributed by atoms with Crippen LogP contribution in [0, 0.1) is 21.8 Å². The Hall–Kier alpha value is -4.57. The molecule has 9 nitrogen and oxygen atoms in total. The summed E-state index contributed by atoms with van der Waals surface area (Å²) in [5.74, 6) is 0.0932. The number of benzene rings is 3. The summed E-state index contributed by atoms with van der Waals surface area (Å²) in [4.78, 5) is 40.6. The van der Waals surface area contributed by atoms with Crippen LogP contribution in [0.3, 0.4) is 0 Å². The standard InChI is InChI=1S/C35H39FN4O5/c1-2-18-39(35(42)45-24-25-8-14-32(15-9-25)40(43)44)31-16-19-38(20-17-31)23-28-21-30(22-33(28)26-6-4-3-5-7-26)37-34(41)27-10-12-29(36)13-11-27/h2-15,28,30-31,33H,1,16-24H2,(H,37,41). The van der Waals surface area contributed by atoms with E-state index in [9.17, 15) is 24.1 Å². The van der Waals surface area contributed by atoms with Crippen molar-refractivity contribution in [3.8, 4) is 0 Å². The van der Waals surface area contributed by atoms with Crippen molar-refractivity contribution in [2.75, 3.05) is 26.2 Å². The minimum absolute atomic E-state index is 0.0110. The first-order valence-corrected chi connectivity index (χ1v) is 15.4. The molecule has 0 radical (unpaired) electrons. The van der Waals surface area contributed by atoms with Gasteiger partial charge in [-0.1, -0.05) is 36.4 Å². The second kappa shape index (κ2) is 14.9. The zero-order chi connectivity index (χ0) is 31.8. The molecule has 1 saturated carbocycles. The van der Waals surface area contributed by atoms with E-state index in [4.69, 9.17) is 4.74 Å². The number of non-ortho nitro benzene ring substituents is 1. The molecule has 45 heavy (non-hydrogen) atoms. The number of rotatable bonds is 11. The van der Waals surface area contributed by atoms with Crippen LogP contribution in [0.25, 0.3) is 0 Å². The van der Waals surface area contributed by atoms with E-state index >= 15 is 0 Å². The van der Waals surface area contributed by atoms with Crippen molar-refractivity contribution < 1.29 is 23.6 Å². The molecule has 1 heterocycles. The molecule has 2 fully saturated rings. The molecule has 1 aliphatic heterocycles. The summed E-state index contributed by atoms with van der Waals surface area (Å²) in [5.41, 5.74) is 2.39. The second-order valence-corrected chi connectivity index (χ2v) is 11.9. The molecule has 2 aliphatic rings. The number of nitro groups is 1. The van der Waals surface area contributed by atoms with Crippen LogP contribution in [0.2, 0.25) is 0 Å². The molecule has 1 saturated heterocycles. The normalized spacial score (nSPS) is 20.3. The zero-order valence-electron chi connectivity index (χ0n) is 25.2. The number of likely N-dealkylation sites (tertiary alicyclic amines) is 1. The summed E-state index contributed by atoms with van der Waals surface area (Å²) in [7, 11) is 0. The van der Waals surface area contributed by atoms with Crippen LogP contribution in [0.5, 0.6) is 0 Å². The van der Waals surface area contributed by atoms with Gasteiger partial charge < -0.3 is 19.9 Å². The van der Waals surface area contributed by atoms with Crippen molar-refractivity contribution in [1.29, 1.82) is 0 Å². The van der Waals surface area contributed by atoms with Crippen LogP contribution < -0.4 is 5.32 Å². The minimum atomic E-state index is -0.463. The summed E-state index contributed by atoms with van der Waals surface area (Å²) in [6.07, 6.45) is 4.56. The molecule has 3 aromatic rings. The van der Waals surface area contributed by atoms with Gasteiger partial charge >= 0.3 is 6.09 Å². The van der Waals surface area contributed by atoms with Crippen LogP contribution >= 0.6 is 0 Å². The Morgan fingerprint density at radius 1 is 1.02 bits per heavy atom. The maximum absolute atomic E-state index is 13.4. The number of piperidine rings is 1. The van der Waals surface area contributed by atoms with Crippen molar-refractivity contribution in [3.05, 3.63) is 124 Å². The van der Waals surface area contributed by atoms with E-state index in [2.05, 4.69) is 41.1 Å². The first-order chi connectivity index (χ1) is 21.8. The lowest BCUT2D eigenvalue weighted by Crippen LogP contribution is -2.48. The lowest BCUT2D eigenvalue weighted by molar-refractivity contribution is -0.384. The van der Waals surface area contributed by atoms with Crippen LogP contribution in [-0.4, -0.2) is 65.0 Å². The highest BCUT2D eigenvalue weighted by molar-refractivity contribution is 5.94.